The van der Waals surface area contributed by atoms with Crippen molar-refractivity contribution in [3.05, 3.63) is 59.8 Å². The van der Waals surface area contributed by atoms with Gasteiger partial charge in [0.05, 0.1) is 18.8 Å². The molecule has 0 aliphatic heterocycles. The van der Waals surface area contributed by atoms with Crippen LogP contribution in [0.5, 0.6) is 5.75 Å². The average molecular weight is 372 g/mol. The normalized spacial score (nSPS) is 11.1. The summed E-state index contributed by atoms with van der Waals surface area (Å²) in [5, 5.41) is 9.01. The predicted molar refractivity (Wildman–Crippen MR) is 104 cm³/mol. The summed E-state index contributed by atoms with van der Waals surface area (Å²) in [7, 11) is 0. The van der Waals surface area contributed by atoms with Gasteiger partial charge < -0.3 is 14.3 Å². The second kappa shape index (κ2) is 9.92. The number of oxazole rings is 1. The molecule has 6 nitrogen and oxygen atoms in total. The summed E-state index contributed by atoms with van der Waals surface area (Å²) in [4.78, 5) is 17.3. The topological polar surface area (TPSA) is 75.8 Å². The van der Waals surface area contributed by atoms with Gasteiger partial charge in [0.1, 0.15) is 11.5 Å². The number of carboxylic acid groups (broad SMARTS) is 1. The smallest absolute Gasteiger partial charge is 0.317 e. The molecule has 146 valence electrons. The fraction of sp³-hybridized carbons (Fsp3) is 0.429. The van der Waals surface area contributed by atoms with Gasteiger partial charge in [-0.15, -0.1) is 6.58 Å². The highest BCUT2D eigenvalue weighted by atomic mass is 16.5. The van der Waals surface area contributed by atoms with Crippen LogP contribution in [-0.4, -0.2) is 40.7 Å². The largest absolute Gasteiger partial charge is 0.493 e. The van der Waals surface area contributed by atoms with Gasteiger partial charge in [-0.2, -0.15) is 0 Å². The standard InChI is InChI=1S/C21H28N2O4/c1-5-10-23(14-20(24)25)13-17-7-6-8-18(12-17)26-11-9-19-16(4)27-21(22-19)15(2)3/h5-8,12,15H,1,9-11,13-14H2,2-4H3,(H,24,25). The maximum atomic E-state index is 11.0. The number of benzene rings is 1. The number of aliphatic carboxylic acids is 1. The van der Waals surface area contributed by atoms with Crippen LogP contribution in [0.1, 0.15) is 42.7 Å². The maximum Gasteiger partial charge on any atom is 0.317 e. The third-order valence-electron chi connectivity index (χ3n) is 4.06. The van der Waals surface area contributed by atoms with E-state index < -0.39 is 5.97 Å². The summed E-state index contributed by atoms with van der Waals surface area (Å²) in [6.07, 6.45) is 2.38. The molecule has 2 rings (SSSR count). The summed E-state index contributed by atoms with van der Waals surface area (Å²) in [5.41, 5.74) is 1.92. The number of hydrogen-bond donors (Lipinski definition) is 1. The van der Waals surface area contributed by atoms with E-state index in [-0.39, 0.29) is 12.5 Å². The minimum atomic E-state index is -0.854. The molecular formula is C21H28N2O4. The van der Waals surface area contributed by atoms with E-state index in [1.165, 1.54) is 0 Å². The van der Waals surface area contributed by atoms with E-state index in [9.17, 15) is 4.79 Å². The molecule has 0 unspecified atom stereocenters. The van der Waals surface area contributed by atoms with Gasteiger partial charge in [-0.25, -0.2) is 4.98 Å². The summed E-state index contributed by atoms with van der Waals surface area (Å²) in [6, 6.07) is 7.71. The Kier molecular flexibility index (Phi) is 7.61. The number of ether oxygens (including phenoxy) is 1. The number of carbonyl (C=O) groups is 1. The quantitative estimate of drug-likeness (QED) is 0.605. The molecule has 0 spiro atoms. The van der Waals surface area contributed by atoms with E-state index in [0.717, 1.165) is 28.7 Å². The molecule has 1 N–H and O–H groups in total. The zero-order valence-electron chi connectivity index (χ0n) is 16.3. The fourth-order valence-electron chi connectivity index (χ4n) is 2.75. The van der Waals surface area contributed by atoms with E-state index in [1.807, 2.05) is 31.2 Å². The van der Waals surface area contributed by atoms with Gasteiger partial charge in [-0.05, 0) is 24.6 Å². The molecule has 0 aliphatic carbocycles. The van der Waals surface area contributed by atoms with E-state index in [2.05, 4.69) is 25.4 Å². The number of hydrogen-bond acceptors (Lipinski definition) is 5. The first kappa shape index (κ1) is 20.7. The Morgan fingerprint density at radius 1 is 1.44 bits per heavy atom. The molecule has 1 aromatic heterocycles. The summed E-state index contributed by atoms with van der Waals surface area (Å²) in [5.74, 6) is 1.76. The van der Waals surface area contributed by atoms with Crippen molar-refractivity contribution in [2.24, 2.45) is 0 Å². The Morgan fingerprint density at radius 2 is 2.22 bits per heavy atom. The first-order chi connectivity index (χ1) is 12.9. The molecule has 0 radical (unpaired) electrons. The molecule has 0 amide bonds. The van der Waals surface area contributed by atoms with Crippen LogP contribution >= 0.6 is 0 Å². The third-order valence-corrected chi connectivity index (χ3v) is 4.06. The van der Waals surface area contributed by atoms with Gasteiger partial charge in [0.25, 0.3) is 0 Å². The molecule has 0 bridgehead atoms. The second-order valence-electron chi connectivity index (χ2n) is 6.81. The zero-order chi connectivity index (χ0) is 19.8. The molecular weight excluding hydrogens is 344 g/mol. The lowest BCUT2D eigenvalue weighted by molar-refractivity contribution is -0.138. The lowest BCUT2D eigenvalue weighted by Crippen LogP contribution is -2.29. The van der Waals surface area contributed by atoms with Crippen LogP contribution in [0.4, 0.5) is 0 Å². The first-order valence-electron chi connectivity index (χ1n) is 9.12. The highest BCUT2D eigenvalue weighted by molar-refractivity contribution is 5.69. The molecule has 0 fully saturated rings. The van der Waals surface area contributed by atoms with Crippen LogP contribution in [-0.2, 0) is 17.8 Å². The Hall–Kier alpha value is -2.60. The average Bonchev–Trinajstić information content (AvgIpc) is 2.96. The summed E-state index contributed by atoms with van der Waals surface area (Å²) < 4.78 is 11.5. The van der Waals surface area contributed by atoms with Gasteiger partial charge in [0.2, 0.25) is 0 Å². The number of rotatable bonds is 11. The van der Waals surface area contributed by atoms with Crippen LogP contribution < -0.4 is 4.74 Å². The monoisotopic (exact) mass is 372 g/mol. The van der Waals surface area contributed by atoms with Crippen molar-refractivity contribution in [1.82, 2.24) is 9.88 Å². The van der Waals surface area contributed by atoms with Crippen molar-refractivity contribution in [2.75, 3.05) is 19.7 Å². The van der Waals surface area contributed by atoms with Crippen LogP contribution in [0.3, 0.4) is 0 Å². The van der Waals surface area contributed by atoms with Crippen molar-refractivity contribution in [3.8, 4) is 5.75 Å². The van der Waals surface area contributed by atoms with E-state index in [0.29, 0.717) is 26.1 Å². The Bertz CT molecular complexity index is 767. The molecule has 1 aromatic carbocycles. The van der Waals surface area contributed by atoms with Gasteiger partial charge in [-0.3, -0.25) is 9.69 Å². The van der Waals surface area contributed by atoms with Crippen molar-refractivity contribution in [2.45, 2.75) is 39.7 Å². The lowest BCUT2D eigenvalue weighted by atomic mass is 10.2. The van der Waals surface area contributed by atoms with Crippen molar-refractivity contribution < 1.29 is 19.1 Å². The number of aromatic nitrogens is 1. The molecule has 2 aromatic rings. The van der Waals surface area contributed by atoms with Crippen LogP contribution in [0.15, 0.2) is 41.3 Å². The van der Waals surface area contributed by atoms with Crippen molar-refractivity contribution in [3.63, 3.8) is 0 Å². The van der Waals surface area contributed by atoms with E-state index in [1.54, 1.807) is 11.0 Å². The Balaban J connectivity index is 1.93. The van der Waals surface area contributed by atoms with Crippen molar-refractivity contribution >= 4 is 5.97 Å². The van der Waals surface area contributed by atoms with Gasteiger partial charge in [0.15, 0.2) is 5.89 Å². The van der Waals surface area contributed by atoms with Crippen LogP contribution in [0, 0.1) is 6.92 Å². The lowest BCUT2D eigenvalue weighted by Gasteiger charge is -2.18. The SMILES string of the molecule is C=CCN(CC(=O)O)Cc1cccc(OCCc2nc(C(C)C)oc2C)c1. The summed E-state index contributed by atoms with van der Waals surface area (Å²) in [6.45, 7) is 11.2. The van der Waals surface area contributed by atoms with Crippen LogP contribution in [0.25, 0.3) is 0 Å². The number of aryl methyl sites for hydroxylation is 1. The minimum Gasteiger partial charge on any atom is -0.493 e. The van der Waals surface area contributed by atoms with Crippen molar-refractivity contribution in [1.29, 1.82) is 0 Å². The van der Waals surface area contributed by atoms with Crippen LogP contribution in [0.2, 0.25) is 0 Å². The number of nitrogens with zero attached hydrogens (tertiary/aromatic N) is 2. The molecule has 0 aliphatic rings. The maximum absolute atomic E-state index is 11.0. The molecule has 0 saturated carbocycles. The zero-order valence-corrected chi connectivity index (χ0v) is 16.3. The molecule has 1 heterocycles. The highest BCUT2D eigenvalue weighted by Gasteiger charge is 2.13. The molecule has 27 heavy (non-hydrogen) atoms. The first-order valence-corrected chi connectivity index (χ1v) is 9.12. The predicted octanol–water partition coefficient (Wildman–Crippen LogP) is 3.80. The Morgan fingerprint density at radius 3 is 2.85 bits per heavy atom. The van der Waals surface area contributed by atoms with Gasteiger partial charge >= 0.3 is 5.97 Å². The molecule has 0 saturated heterocycles. The minimum absolute atomic E-state index is 0.0271. The second-order valence-corrected chi connectivity index (χ2v) is 6.81. The fourth-order valence-corrected chi connectivity index (χ4v) is 2.75. The highest BCUT2D eigenvalue weighted by Crippen LogP contribution is 2.19. The van der Waals surface area contributed by atoms with E-state index in [4.69, 9.17) is 14.3 Å². The molecule has 6 heteroatoms. The van der Waals surface area contributed by atoms with E-state index >= 15 is 0 Å². The third kappa shape index (κ3) is 6.57. The number of carboxylic acids is 1. The van der Waals surface area contributed by atoms with Gasteiger partial charge in [-0.1, -0.05) is 32.1 Å². The summed E-state index contributed by atoms with van der Waals surface area (Å²) >= 11 is 0. The van der Waals surface area contributed by atoms with Gasteiger partial charge in [0, 0.05) is 25.4 Å². The Labute approximate surface area is 160 Å². The molecule has 0 atom stereocenters.